The van der Waals surface area contributed by atoms with Gasteiger partial charge in [0, 0.05) is 24.7 Å². The lowest BCUT2D eigenvalue weighted by Crippen LogP contribution is -2.29. The summed E-state index contributed by atoms with van der Waals surface area (Å²) in [5, 5.41) is 0. The molecule has 1 aromatic carbocycles. The van der Waals surface area contributed by atoms with E-state index in [-0.39, 0.29) is 11.9 Å². The van der Waals surface area contributed by atoms with Gasteiger partial charge in [-0.3, -0.25) is 4.79 Å². The third-order valence-corrected chi connectivity index (χ3v) is 3.48. The van der Waals surface area contributed by atoms with Crippen molar-refractivity contribution in [3.05, 3.63) is 29.3 Å². The summed E-state index contributed by atoms with van der Waals surface area (Å²) in [6, 6.07) is 6.57. The number of amides is 1. The van der Waals surface area contributed by atoms with Crippen LogP contribution in [0.1, 0.15) is 38.3 Å². The van der Waals surface area contributed by atoms with Gasteiger partial charge < -0.3 is 10.6 Å². The SMILES string of the molecule is CC(C)CC(=O)N1CCc2cc(CC(C)N)ccc21. The summed E-state index contributed by atoms with van der Waals surface area (Å²) in [5.74, 6) is 0.655. The second kappa shape index (κ2) is 5.74. The van der Waals surface area contributed by atoms with Crippen LogP contribution in [0.2, 0.25) is 0 Å². The van der Waals surface area contributed by atoms with Gasteiger partial charge in [0.1, 0.15) is 0 Å². The normalized spacial score (nSPS) is 15.7. The molecule has 3 heteroatoms. The number of nitrogens with two attached hydrogens (primary N) is 1. The molecule has 3 nitrogen and oxygen atoms in total. The number of hydrogen-bond acceptors (Lipinski definition) is 2. The first-order valence-corrected chi connectivity index (χ1v) is 7.15. The van der Waals surface area contributed by atoms with Crippen LogP contribution < -0.4 is 10.6 Å². The molecule has 1 amide bonds. The van der Waals surface area contributed by atoms with Crippen molar-refractivity contribution in [2.75, 3.05) is 11.4 Å². The highest BCUT2D eigenvalue weighted by atomic mass is 16.2. The molecule has 0 saturated carbocycles. The van der Waals surface area contributed by atoms with Crippen LogP contribution in [0.25, 0.3) is 0 Å². The Hall–Kier alpha value is -1.35. The predicted octanol–water partition coefficient (Wildman–Crippen LogP) is 2.51. The zero-order valence-corrected chi connectivity index (χ0v) is 12.1. The van der Waals surface area contributed by atoms with Gasteiger partial charge in [0.05, 0.1) is 0 Å². The Morgan fingerprint density at radius 2 is 2.11 bits per heavy atom. The average Bonchev–Trinajstić information content (AvgIpc) is 2.70. The second-order valence-electron chi connectivity index (χ2n) is 6.04. The van der Waals surface area contributed by atoms with Crippen molar-refractivity contribution >= 4 is 11.6 Å². The molecule has 1 aromatic rings. The van der Waals surface area contributed by atoms with Crippen molar-refractivity contribution in [3.63, 3.8) is 0 Å². The molecule has 19 heavy (non-hydrogen) atoms. The summed E-state index contributed by atoms with van der Waals surface area (Å²) in [6.45, 7) is 7.01. The van der Waals surface area contributed by atoms with Crippen LogP contribution in [0.15, 0.2) is 18.2 Å². The Labute approximate surface area is 115 Å². The van der Waals surface area contributed by atoms with Gasteiger partial charge >= 0.3 is 0 Å². The highest BCUT2D eigenvalue weighted by Gasteiger charge is 2.24. The van der Waals surface area contributed by atoms with Crippen LogP contribution >= 0.6 is 0 Å². The molecule has 1 heterocycles. The van der Waals surface area contributed by atoms with E-state index in [1.165, 1.54) is 11.1 Å². The average molecular weight is 260 g/mol. The molecule has 1 atom stereocenters. The summed E-state index contributed by atoms with van der Waals surface area (Å²) >= 11 is 0. The molecular weight excluding hydrogens is 236 g/mol. The quantitative estimate of drug-likeness (QED) is 0.904. The minimum absolute atomic E-state index is 0.179. The number of carbonyl (C=O) groups excluding carboxylic acids is 1. The highest BCUT2D eigenvalue weighted by Crippen LogP contribution is 2.30. The van der Waals surface area contributed by atoms with Gasteiger partial charge in [-0.15, -0.1) is 0 Å². The van der Waals surface area contributed by atoms with Gasteiger partial charge in [-0.2, -0.15) is 0 Å². The first-order valence-electron chi connectivity index (χ1n) is 7.15. The third kappa shape index (κ3) is 3.35. The van der Waals surface area contributed by atoms with Crippen LogP contribution in [0, 0.1) is 5.92 Å². The van der Waals surface area contributed by atoms with E-state index >= 15 is 0 Å². The topological polar surface area (TPSA) is 46.3 Å². The van der Waals surface area contributed by atoms with Crippen molar-refractivity contribution in [2.24, 2.45) is 11.7 Å². The molecule has 2 rings (SSSR count). The number of anilines is 1. The molecule has 0 saturated heterocycles. The fourth-order valence-electron chi connectivity index (χ4n) is 2.67. The zero-order valence-electron chi connectivity index (χ0n) is 12.1. The number of fused-ring (bicyclic) bond motifs is 1. The third-order valence-electron chi connectivity index (χ3n) is 3.48. The first kappa shape index (κ1) is 14.1. The number of rotatable bonds is 4. The van der Waals surface area contributed by atoms with Crippen LogP contribution in [0.5, 0.6) is 0 Å². The first-order chi connectivity index (χ1) is 8.97. The monoisotopic (exact) mass is 260 g/mol. The van der Waals surface area contributed by atoms with E-state index in [0.29, 0.717) is 12.3 Å². The van der Waals surface area contributed by atoms with Gasteiger partial charge in [0.25, 0.3) is 0 Å². The predicted molar refractivity (Wildman–Crippen MR) is 79.3 cm³/mol. The standard InChI is InChI=1S/C16H24N2O/c1-11(2)8-16(19)18-7-6-14-10-13(9-12(3)17)4-5-15(14)18/h4-5,10-12H,6-9,17H2,1-3H3. The van der Waals surface area contributed by atoms with Crippen molar-refractivity contribution in [1.29, 1.82) is 0 Å². The molecule has 1 aliphatic rings. The van der Waals surface area contributed by atoms with Crippen molar-refractivity contribution in [2.45, 2.75) is 46.1 Å². The van der Waals surface area contributed by atoms with Crippen LogP contribution in [-0.2, 0) is 17.6 Å². The minimum Gasteiger partial charge on any atom is -0.328 e. The van der Waals surface area contributed by atoms with Crippen molar-refractivity contribution in [1.82, 2.24) is 0 Å². The van der Waals surface area contributed by atoms with Crippen molar-refractivity contribution in [3.8, 4) is 0 Å². The molecule has 0 radical (unpaired) electrons. The molecule has 0 aliphatic carbocycles. The van der Waals surface area contributed by atoms with Crippen molar-refractivity contribution < 1.29 is 4.79 Å². The van der Waals surface area contributed by atoms with E-state index in [0.717, 1.165) is 25.1 Å². The molecule has 0 spiro atoms. The van der Waals surface area contributed by atoms with E-state index in [2.05, 4.69) is 32.0 Å². The summed E-state index contributed by atoms with van der Waals surface area (Å²) in [5.41, 5.74) is 9.49. The molecule has 104 valence electrons. The van der Waals surface area contributed by atoms with Crippen LogP contribution in [0.3, 0.4) is 0 Å². The smallest absolute Gasteiger partial charge is 0.227 e. The van der Waals surface area contributed by atoms with E-state index < -0.39 is 0 Å². The van der Waals surface area contributed by atoms with E-state index in [1.54, 1.807) is 0 Å². The fraction of sp³-hybridized carbons (Fsp3) is 0.562. The summed E-state index contributed by atoms with van der Waals surface area (Å²) in [7, 11) is 0. The summed E-state index contributed by atoms with van der Waals surface area (Å²) < 4.78 is 0. The molecule has 2 N–H and O–H groups in total. The van der Waals surface area contributed by atoms with Crippen LogP contribution in [0.4, 0.5) is 5.69 Å². The number of hydrogen-bond donors (Lipinski definition) is 1. The Kier molecular flexibility index (Phi) is 4.25. The lowest BCUT2D eigenvalue weighted by atomic mass is 10.0. The molecule has 0 aromatic heterocycles. The van der Waals surface area contributed by atoms with Gasteiger partial charge in [-0.1, -0.05) is 26.0 Å². The summed E-state index contributed by atoms with van der Waals surface area (Å²) in [6.07, 6.45) is 2.49. The maximum Gasteiger partial charge on any atom is 0.227 e. The Morgan fingerprint density at radius 1 is 1.37 bits per heavy atom. The number of carbonyl (C=O) groups is 1. The molecule has 0 fully saturated rings. The summed E-state index contributed by atoms with van der Waals surface area (Å²) in [4.78, 5) is 14.1. The largest absolute Gasteiger partial charge is 0.328 e. The number of nitrogens with zero attached hydrogens (tertiary/aromatic N) is 1. The minimum atomic E-state index is 0.179. The Morgan fingerprint density at radius 3 is 2.74 bits per heavy atom. The van der Waals surface area contributed by atoms with Crippen LogP contribution in [-0.4, -0.2) is 18.5 Å². The molecular formula is C16H24N2O. The van der Waals surface area contributed by atoms with E-state index in [9.17, 15) is 4.79 Å². The van der Waals surface area contributed by atoms with E-state index in [4.69, 9.17) is 5.73 Å². The van der Waals surface area contributed by atoms with Gasteiger partial charge in [-0.25, -0.2) is 0 Å². The zero-order chi connectivity index (χ0) is 14.0. The second-order valence-corrected chi connectivity index (χ2v) is 6.04. The molecule has 1 aliphatic heterocycles. The van der Waals surface area contributed by atoms with E-state index in [1.807, 2.05) is 11.8 Å². The number of benzene rings is 1. The lowest BCUT2D eigenvalue weighted by molar-refractivity contribution is -0.119. The Balaban J connectivity index is 2.15. The Bertz CT molecular complexity index is 466. The molecule has 0 bridgehead atoms. The van der Waals surface area contributed by atoms with Gasteiger partial charge in [0.2, 0.25) is 5.91 Å². The van der Waals surface area contributed by atoms with Gasteiger partial charge in [-0.05, 0) is 42.9 Å². The molecule has 1 unspecified atom stereocenters. The maximum atomic E-state index is 12.2. The highest BCUT2D eigenvalue weighted by molar-refractivity contribution is 5.95. The fourth-order valence-corrected chi connectivity index (χ4v) is 2.67. The maximum absolute atomic E-state index is 12.2. The lowest BCUT2D eigenvalue weighted by Gasteiger charge is -2.19. The van der Waals surface area contributed by atoms with Gasteiger partial charge in [0.15, 0.2) is 0 Å².